The molecular weight excluding hydrogens is 272 g/mol. The highest BCUT2D eigenvalue weighted by Crippen LogP contribution is 2.16. The number of aliphatic carboxylic acids is 1. The van der Waals surface area contributed by atoms with E-state index in [1.807, 2.05) is 23.9 Å². The first-order valence-corrected chi connectivity index (χ1v) is 7.29. The first-order valence-electron chi connectivity index (χ1n) is 7.29. The summed E-state index contributed by atoms with van der Waals surface area (Å²) in [5, 5.41) is 16.0. The molecule has 0 bridgehead atoms. The number of carbonyl (C=O) groups excluding carboxylic acids is 1. The number of carboxylic acids is 1. The molecule has 1 aromatic rings. The molecule has 2 rings (SSSR count). The molecule has 2 atom stereocenters. The predicted octanol–water partition coefficient (Wildman–Crippen LogP) is 1.03. The van der Waals surface area contributed by atoms with E-state index in [0.717, 1.165) is 13.0 Å². The van der Waals surface area contributed by atoms with Crippen molar-refractivity contribution in [3.63, 3.8) is 0 Å². The van der Waals surface area contributed by atoms with E-state index in [2.05, 4.69) is 10.4 Å². The Hall–Kier alpha value is -2.05. The lowest BCUT2D eigenvalue weighted by Crippen LogP contribution is -2.48. The number of urea groups is 1. The van der Waals surface area contributed by atoms with E-state index in [-0.39, 0.29) is 11.9 Å². The maximum Gasteiger partial charge on any atom is 0.317 e. The fourth-order valence-electron chi connectivity index (χ4n) is 2.53. The monoisotopic (exact) mass is 294 g/mol. The van der Waals surface area contributed by atoms with E-state index in [0.29, 0.717) is 26.1 Å². The van der Waals surface area contributed by atoms with Crippen molar-refractivity contribution in [2.45, 2.75) is 26.3 Å². The zero-order valence-corrected chi connectivity index (χ0v) is 12.2. The van der Waals surface area contributed by atoms with Crippen molar-refractivity contribution in [1.82, 2.24) is 20.0 Å². The molecule has 21 heavy (non-hydrogen) atoms. The van der Waals surface area contributed by atoms with Crippen LogP contribution in [0.3, 0.4) is 0 Å². The van der Waals surface area contributed by atoms with Gasteiger partial charge < -0.3 is 15.3 Å². The number of nitrogens with one attached hydrogen (secondary N) is 1. The lowest BCUT2D eigenvalue weighted by molar-refractivity contribution is -0.143. The van der Waals surface area contributed by atoms with Gasteiger partial charge in [0.1, 0.15) is 0 Å². The number of aromatic nitrogens is 2. The van der Waals surface area contributed by atoms with Crippen LogP contribution >= 0.6 is 0 Å². The summed E-state index contributed by atoms with van der Waals surface area (Å²) in [4.78, 5) is 24.7. The molecule has 0 saturated carbocycles. The molecule has 1 aliphatic heterocycles. The number of amides is 2. The van der Waals surface area contributed by atoms with Crippen LogP contribution in [-0.2, 0) is 11.3 Å². The number of rotatable bonds is 5. The molecule has 0 aromatic carbocycles. The van der Waals surface area contributed by atoms with Crippen molar-refractivity contribution < 1.29 is 14.7 Å². The van der Waals surface area contributed by atoms with Gasteiger partial charge >= 0.3 is 12.0 Å². The number of carboxylic acid groups (broad SMARTS) is 1. The van der Waals surface area contributed by atoms with Gasteiger partial charge in [0.25, 0.3) is 0 Å². The van der Waals surface area contributed by atoms with E-state index in [1.54, 1.807) is 11.1 Å². The van der Waals surface area contributed by atoms with E-state index in [4.69, 9.17) is 5.11 Å². The molecule has 2 amide bonds. The molecule has 0 aliphatic carbocycles. The van der Waals surface area contributed by atoms with Gasteiger partial charge in [-0.3, -0.25) is 9.48 Å². The second-order valence-corrected chi connectivity index (χ2v) is 5.64. The van der Waals surface area contributed by atoms with Crippen LogP contribution in [0.5, 0.6) is 0 Å². The minimum Gasteiger partial charge on any atom is -0.481 e. The second kappa shape index (κ2) is 7.10. The van der Waals surface area contributed by atoms with Crippen LogP contribution < -0.4 is 5.32 Å². The van der Waals surface area contributed by atoms with Crippen LogP contribution in [-0.4, -0.2) is 51.4 Å². The summed E-state index contributed by atoms with van der Waals surface area (Å²) < 4.78 is 1.83. The maximum atomic E-state index is 12.1. The third kappa shape index (κ3) is 4.47. The Morgan fingerprint density at radius 3 is 3.00 bits per heavy atom. The van der Waals surface area contributed by atoms with E-state index in [1.165, 1.54) is 0 Å². The van der Waals surface area contributed by atoms with Crippen LogP contribution in [0.25, 0.3) is 0 Å². The number of hydrogen-bond acceptors (Lipinski definition) is 3. The first kappa shape index (κ1) is 15.3. The van der Waals surface area contributed by atoms with Crippen molar-refractivity contribution in [2.75, 3.05) is 19.6 Å². The molecule has 7 nitrogen and oxygen atoms in total. The highest BCUT2D eigenvalue weighted by molar-refractivity contribution is 5.76. The number of piperidine rings is 1. The molecule has 0 spiro atoms. The molecule has 1 aliphatic rings. The number of hydrogen-bond donors (Lipinski definition) is 2. The smallest absolute Gasteiger partial charge is 0.317 e. The van der Waals surface area contributed by atoms with Gasteiger partial charge in [-0.15, -0.1) is 0 Å². The number of carbonyl (C=O) groups is 2. The summed E-state index contributed by atoms with van der Waals surface area (Å²) in [6.45, 7) is 4.26. The molecule has 7 heteroatoms. The summed E-state index contributed by atoms with van der Waals surface area (Å²) in [6.07, 6.45) is 5.01. The van der Waals surface area contributed by atoms with Gasteiger partial charge in [0.15, 0.2) is 0 Å². The van der Waals surface area contributed by atoms with Crippen molar-refractivity contribution in [3.05, 3.63) is 18.5 Å². The van der Waals surface area contributed by atoms with Gasteiger partial charge in [-0.2, -0.15) is 5.10 Å². The summed E-state index contributed by atoms with van der Waals surface area (Å²) in [6, 6.07) is 1.69. The van der Waals surface area contributed by atoms with Crippen molar-refractivity contribution in [2.24, 2.45) is 11.8 Å². The normalized spacial score (nSPS) is 20.0. The van der Waals surface area contributed by atoms with Crippen molar-refractivity contribution in [3.8, 4) is 0 Å². The van der Waals surface area contributed by atoms with Gasteiger partial charge in [0.2, 0.25) is 0 Å². The van der Waals surface area contributed by atoms with Gasteiger partial charge in [0, 0.05) is 38.6 Å². The molecule has 0 radical (unpaired) electrons. The molecule has 1 saturated heterocycles. The maximum absolute atomic E-state index is 12.1. The Balaban J connectivity index is 1.74. The van der Waals surface area contributed by atoms with Crippen LogP contribution in [0, 0.1) is 11.8 Å². The lowest BCUT2D eigenvalue weighted by atomic mass is 9.99. The molecular formula is C14H22N4O3. The van der Waals surface area contributed by atoms with Gasteiger partial charge in [0.05, 0.1) is 5.92 Å². The van der Waals surface area contributed by atoms with Crippen molar-refractivity contribution >= 4 is 12.0 Å². The fourth-order valence-corrected chi connectivity index (χ4v) is 2.53. The largest absolute Gasteiger partial charge is 0.481 e. The molecule has 1 fully saturated rings. The Kier molecular flexibility index (Phi) is 5.19. The summed E-state index contributed by atoms with van der Waals surface area (Å²) >= 11 is 0. The van der Waals surface area contributed by atoms with Crippen LogP contribution in [0.1, 0.15) is 19.8 Å². The molecule has 2 unspecified atom stereocenters. The second-order valence-electron chi connectivity index (χ2n) is 5.64. The fraction of sp³-hybridized carbons (Fsp3) is 0.643. The first-order chi connectivity index (χ1) is 10.1. The SMILES string of the molecule is CC(CNC(=O)N1CCCC(C(=O)O)C1)Cn1cccn1. The average Bonchev–Trinajstić information content (AvgIpc) is 2.97. The Bertz CT molecular complexity index is 475. The molecule has 2 N–H and O–H groups in total. The van der Waals surface area contributed by atoms with E-state index >= 15 is 0 Å². The van der Waals surface area contributed by atoms with Crippen LogP contribution in [0.15, 0.2) is 18.5 Å². The van der Waals surface area contributed by atoms with Gasteiger partial charge in [-0.1, -0.05) is 6.92 Å². The topological polar surface area (TPSA) is 87.5 Å². The average molecular weight is 294 g/mol. The minimum absolute atomic E-state index is 0.173. The zero-order chi connectivity index (χ0) is 15.2. The van der Waals surface area contributed by atoms with Crippen LogP contribution in [0.2, 0.25) is 0 Å². The standard InChI is InChI=1S/C14H22N4O3/c1-11(9-18-7-3-5-16-18)8-15-14(21)17-6-2-4-12(10-17)13(19)20/h3,5,7,11-12H,2,4,6,8-10H2,1H3,(H,15,21)(H,19,20). The summed E-state index contributed by atoms with van der Waals surface area (Å²) in [5.74, 6) is -1.00. The predicted molar refractivity (Wildman–Crippen MR) is 76.7 cm³/mol. The Morgan fingerprint density at radius 2 is 2.33 bits per heavy atom. The third-order valence-corrected chi connectivity index (χ3v) is 3.72. The summed E-state index contributed by atoms with van der Waals surface area (Å²) in [5.41, 5.74) is 0. The van der Waals surface area contributed by atoms with Gasteiger partial charge in [-0.05, 0) is 24.8 Å². The van der Waals surface area contributed by atoms with Crippen LogP contribution in [0.4, 0.5) is 4.79 Å². The Morgan fingerprint density at radius 1 is 1.52 bits per heavy atom. The van der Waals surface area contributed by atoms with Gasteiger partial charge in [-0.25, -0.2) is 4.79 Å². The number of nitrogens with zero attached hydrogens (tertiary/aromatic N) is 3. The quantitative estimate of drug-likeness (QED) is 0.849. The number of likely N-dealkylation sites (tertiary alicyclic amines) is 1. The lowest BCUT2D eigenvalue weighted by Gasteiger charge is -2.31. The zero-order valence-electron chi connectivity index (χ0n) is 12.2. The highest BCUT2D eigenvalue weighted by Gasteiger charge is 2.28. The molecule has 2 heterocycles. The summed E-state index contributed by atoms with van der Waals surface area (Å²) in [7, 11) is 0. The molecule has 1 aromatic heterocycles. The molecule has 116 valence electrons. The van der Waals surface area contributed by atoms with Crippen molar-refractivity contribution in [1.29, 1.82) is 0 Å². The Labute approximate surface area is 123 Å². The highest BCUT2D eigenvalue weighted by atomic mass is 16.4. The minimum atomic E-state index is -0.820. The third-order valence-electron chi connectivity index (χ3n) is 3.72. The van der Waals surface area contributed by atoms with E-state index < -0.39 is 11.9 Å². The van der Waals surface area contributed by atoms with E-state index in [9.17, 15) is 9.59 Å².